The van der Waals surface area contributed by atoms with E-state index in [9.17, 15) is 4.79 Å². The van der Waals surface area contributed by atoms with E-state index in [0.29, 0.717) is 11.4 Å². The molecule has 0 aromatic heterocycles. The van der Waals surface area contributed by atoms with Crippen LogP contribution in [0.3, 0.4) is 0 Å². The number of carbonyl (C=O) groups is 1. The Morgan fingerprint density at radius 2 is 1.83 bits per heavy atom. The molecular weight excluding hydrogens is 288 g/mol. The largest absolute Gasteiger partial charge is 0.455 e. The summed E-state index contributed by atoms with van der Waals surface area (Å²) in [4.78, 5) is 14.9. The van der Waals surface area contributed by atoms with Crippen LogP contribution >= 0.6 is 0 Å². The molecule has 1 atom stereocenters. The number of carbonyl (C=O) groups excluding carboxylic acids is 1. The Kier molecular flexibility index (Phi) is 4.35. The van der Waals surface area contributed by atoms with Crippen LogP contribution in [0.4, 0.5) is 5.69 Å². The molecule has 0 saturated carbocycles. The number of hydrogen-bond acceptors (Lipinski definition) is 3. The highest BCUT2D eigenvalue weighted by Crippen LogP contribution is 2.34. The van der Waals surface area contributed by atoms with E-state index in [1.54, 1.807) is 0 Å². The molecule has 1 heterocycles. The van der Waals surface area contributed by atoms with Crippen LogP contribution in [-0.2, 0) is 4.79 Å². The summed E-state index contributed by atoms with van der Waals surface area (Å²) >= 11 is 0. The van der Waals surface area contributed by atoms with E-state index in [4.69, 9.17) is 4.74 Å². The van der Waals surface area contributed by atoms with Crippen molar-refractivity contribution in [1.29, 1.82) is 0 Å². The maximum Gasteiger partial charge on any atom is 0.231 e. The van der Waals surface area contributed by atoms with E-state index in [-0.39, 0.29) is 11.3 Å². The van der Waals surface area contributed by atoms with Crippen LogP contribution < -0.4 is 10.1 Å². The van der Waals surface area contributed by atoms with Gasteiger partial charge >= 0.3 is 0 Å². The summed E-state index contributed by atoms with van der Waals surface area (Å²) in [6.07, 6.45) is 0.872. The topological polar surface area (TPSA) is 41.6 Å². The minimum atomic E-state index is -0.353. The molecule has 0 aliphatic carbocycles. The molecule has 0 spiro atoms. The molecule has 4 nitrogen and oxygen atoms in total. The van der Waals surface area contributed by atoms with Crippen LogP contribution in [-0.4, -0.2) is 30.9 Å². The van der Waals surface area contributed by atoms with E-state index >= 15 is 0 Å². The minimum Gasteiger partial charge on any atom is -0.455 e. The predicted molar refractivity (Wildman–Crippen MR) is 91.8 cm³/mol. The molecular formula is C19H22N2O2. The van der Waals surface area contributed by atoms with E-state index in [2.05, 4.69) is 10.2 Å². The number of anilines is 1. The number of likely N-dealkylation sites (tertiary alicyclic amines) is 1. The zero-order chi connectivity index (χ0) is 16.3. The summed E-state index contributed by atoms with van der Waals surface area (Å²) in [6, 6.07) is 17.1. The summed E-state index contributed by atoms with van der Waals surface area (Å²) in [5.74, 6) is 1.45. The second kappa shape index (κ2) is 6.42. The van der Waals surface area contributed by atoms with Gasteiger partial charge in [0.1, 0.15) is 5.75 Å². The number of benzene rings is 2. The Labute approximate surface area is 137 Å². The molecule has 1 saturated heterocycles. The lowest BCUT2D eigenvalue weighted by Gasteiger charge is -2.23. The molecule has 1 aliphatic rings. The smallest absolute Gasteiger partial charge is 0.231 e. The molecule has 1 aliphatic heterocycles. The normalized spacial score (nSPS) is 21.1. The lowest BCUT2D eigenvalue weighted by atomic mass is 9.88. The number of ether oxygens (including phenoxy) is 1. The Morgan fingerprint density at radius 1 is 1.13 bits per heavy atom. The molecule has 23 heavy (non-hydrogen) atoms. The van der Waals surface area contributed by atoms with E-state index in [1.165, 1.54) is 0 Å². The van der Waals surface area contributed by atoms with Gasteiger partial charge in [0.25, 0.3) is 0 Å². The first-order valence-corrected chi connectivity index (χ1v) is 7.89. The van der Waals surface area contributed by atoms with Gasteiger partial charge in [0.2, 0.25) is 5.91 Å². The Balaban J connectivity index is 1.77. The molecule has 2 aromatic carbocycles. The minimum absolute atomic E-state index is 0.0472. The number of amides is 1. The van der Waals surface area contributed by atoms with Gasteiger partial charge in [0.15, 0.2) is 5.75 Å². The molecule has 3 rings (SSSR count). The average molecular weight is 310 g/mol. The average Bonchev–Trinajstić information content (AvgIpc) is 2.91. The molecule has 1 unspecified atom stereocenters. The van der Waals surface area contributed by atoms with Gasteiger partial charge in [0, 0.05) is 6.54 Å². The van der Waals surface area contributed by atoms with Crippen LogP contribution in [0.15, 0.2) is 54.6 Å². The summed E-state index contributed by atoms with van der Waals surface area (Å²) < 4.78 is 5.90. The van der Waals surface area contributed by atoms with Crippen molar-refractivity contribution in [2.24, 2.45) is 5.41 Å². The fraction of sp³-hybridized carbons (Fsp3) is 0.316. The highest BCUT2D eigenvalue weighted by molar-refractivity contribution is 5.96. The van der Waals surface area contributed by atoms with Crippen LogP contribution in [0.2, 0.25) is 0 Å². The third kappa shape index (κ3) is 3.54. The molecule has 4 heteroatoms. The number of nitrogens with one attached hydrogen (secondary N) is 1. The highest BCUT2D eigenvalue weighted by Gasteiger charge is 2.39. The molecule has 1 amide bonds. The van der Waals surface area contributed by atoms with Crippen molar-refractivity contribution in [1.82, 2.24) is 4.90 Å². The Bertz CT molecular complexity index is 687. The maximum atomic E-state index is 12.7. The molecule has 2 aromatic rings. The predicted octanol–water partition coefficient (Wildman–Crippen LogP) is 3.76. The number of hydrogen-bond donors (Lipinski definition) is 1. The van der Waals surface area contributed by atoms with E-state index < -0.39 is 0 Å². The van der Waals surface area contributed by atoms with E-state index in [1.807, 2.05) is 68.6 Å². The van der Waals surface area contributed by atoms with Gasteiger partial charge in [-0.1, -0.05) is 30.3 Å². The summed E-state index contributed by atoms with van der Waals surface area (Å²) in [7, 11) is 2.05. The second-order valence-corrected chi connectivity index (χ2v) is 6.41. The van der Waals surface area contributed by atoms with Crippen molar-refractivity contribution in [3.63, 3.8) is 0 Å². The van der Waals surface area contributed by atoms with Crippen molar-refractivity contribution in [3.8, 4) is 11.5 Å². The molecule has 120 valence electrons. The van der Waals surface area contributed by atoms with E-state index in [0.717, 1.165) is 25.3 Å². The highest BCUT2D eigenvalue weighted by atomic mass is 16.5. The van der Waals surface area contributed by atoms with Crippen molar-refractivity contribution < 1.29 is 9.53 Å². The van der Waals surface area contributed by atoms with Crippen LogP contribution in [0.1, 0.15) is 13.3 Å². The lowest BCUT2D eigenvalue weighted by molar-refractivity contribution is -0.124. The maximum absolute atomic E-state index is 12.7. The van der Waals surface area contributed by atoms with Crippen LogP contribution in [0.5, 0.6) is 11.5 Å². The van der Waals surface area contributed by atoms with Crippen LogP contribution in [0, 0.1) is 5.41 Å². The van der Waals surface area contributed by atoms with Gasteiger partial charge in [0.05, 0.1) is 11.1 Å². The Hall–Kier alpha value is -2.33. The standard InChI is InChI=1S/C19H22N2O2/c1-19(12-13-21(2)14-19)18(22)20-16-10-6-7-11-17(16)23-15-8-4-3-5-9-15/h3-11H,12-14H2,1-2H3,(H,20,22). The quantitative estimate of drug-likeness (QED) is 0.935. The Morgan fingerprint density at radius 3 is 2.52 bits per heavy atom. The number of nitrogens with zero attached hydrogens (tertiary/aromatic N) is 1. The summed E-state index contributed by atoms with van der Waals surface area (Å²) in [5.41, 5.74) is 0.353. The third-order valence-electron chi connectivity index (χ3n) is 4.32. The molecule has 0 radical (unpaired) electrons. The van der Waals surface area contributed by atoms with Crippen LogP contribution in [0.25, 0.3) is 0 Å². The number of para-hydroxylation sites is 3. The first kappa shape index (κ1) is 15.6. The summed E-state index contributed by atoms with van der Waals surface area (Å²) in [6.45, 7) is 3.75. The second-order valence-electron chi connectivity index (χ2n) is 6.41. The van der Waals surface area contributed by atoms with Gasteiger partial charge in [-0.3, -0.25) is 4.79 Å². The first-order chi connectivity index (χ1) is 11.1. The van der Waals surface area contributed by atoms with Gasteiger partial charge in [-0.2, -0.15) is 0 Å². The molecule has 1 fully saturated rings. The van der Waals surface area contributed by atoms with Crippen molar-refractivity contribution in [2.45, 2.75) is 13.3 Å². The fourth-order valence-corrected chi connectivity index (χ4v) is 2.92. The van der Waals surface area contributed by atoms with Crippen molar-refractivity contribution in [2.75, 3.05) is 25.5 Å². The molecule has 1 N–H and O–H groups in total. The SMILES string of the molecule is CN1CCC(C)(C(=O)Nc2ccccc2Oc2ccccc2)C1. The van der Waals surface area contributed by atoms with Crippen molar-refractivity contribution in [3.05, 3.63) is 54.6 Å². The first-order valence-electron chi connectivity index (χ1n) is 7.89. The molecule has 0 bridgehead atoms. The third-order valence-corrected chi connectivity index (χ3v) is 4.32. The van der Waals surface area contributed by atoms with Gasteiger partial charge in [-0.25, -0.2) is 0 Å². The van der Waals surface area contributed by atoms with Gasteiger partial charge in [-0.15, -0.1) is 0 Å². The monoisotopic (exact) mass is 310 g/mol. The lowest BCUT2D eigenvalue weighted by Crippen LogP contribution is -2.35. The van der Waals surface area contributed by atoms with Gasteiger partial charge < -0.3 is 15.0 Å². The number of rotatable bonds is 4. The van der Waals surface area contributed by atoms with Gasteiger partial charge in [-0.05, 0) is 51.2 Å². The summed E-state index contributed by atoms with van der Waals surface area (Å²) in [5, 5.41) is 3.04. The fourth-order valence-electron chi connectivity index (χ4n) is 2.92. The zero-order valence-electron chi connectivity index (χ0n) is 13.6. The zero-order valence-corrected chi connectivity index (χ0v) is 13.6. The van der Waals surface area contributed by atoms with Crippen molar-refractivity contribution >= 4 is 11.6 Å².